The van der Waals surface area contributed by atoms with Gasteiger partial charge in [-0.15, -0.1) is 0 Å². The normalized spacial score (nSPS) is 20.4. The zero-order chi connectivity index (χ0) is 14.6. The zero-order valence-corrected chi connectivity index (χ0v) is 12.1. The fraction of sp³-hybridized carbons (Fsp3) is 0.462. The average Bonchev–Trinajstić information content (AvgIpc) is 2.76. The predicted octanol–water partition coefficient (Wildman–Crippen LogP) is 1.25. The first kappa shape index (κ1) is 14.6. The number of ether oxygens (including phenoxy) is 1. The van der Waals surface area contributed by atoms with Crippen molar-refractivity contribution in [3.05, 3.63) is 24.3 Å². The molecule has 2 rings (SSSR count). The van der Waals surface area contributed by atoms with Crippen LogP contribution in [0.2, 0.25) is 0 Å². The number of carbonyl (C=O) groups is 1. The summed E-state index contributed by atoms with van der Waals surface area (Å²) < 4.78 is 27.7. The lowest BCUT2D eigenvalue weighted by Crippen LogP contribution is -2.33. The maximum atomic E-state index is 11.7. The van der Waals surface area contributed by atoms with Crippen molar-refractivity contribution in [2.45, 2.75) is 6.42 Å². The molecule has 2 N–H and O–H groups in total. The molecule has 1 aliphatic heterocycles. The molecule has 1 aliphatic rings. The Kier molecular flexibility index (Phi) is 4.49. The highest BCUT2D eigenvalue weighted by Crippen LogP contribution is 2.18. The minimum Gasteiger partial charge on any atom is -0.497 e. The summed E-state index contributed by atoms with van der Waals surface area (Å²) in [5, 5.41) is 5.37. The molecule has 0 saturated carbocycles. The molecular weight excluding hydrogens is 280 g/mol. The molecule has 6 nitrogen and oxygen atoms in total. The highest BCUT2D eigenvalue weighted by atomic mass is 32.2. The summed E-state index contributed by atoms with van der Waals surface area (Å²) in [6, 6.07) is 6.68. The van der Waals surface area contributed by atoms with Gasteiger partial charge < -0.3 is 15.4 Å². The van der Waals surface area contributed by atoms with E-state index in [9.17, 15) is 13.2 Å². The Morgan fingerprint density at radius 1 is 1.45 bits per heavy atom. The summed E-state index contributed by atoms with van der Waals surface area (Å²) in [5.74, 6) is 1.05. The molecule has 1 atom stereocenters. The maximum Gasteiger partial charge on any atom is 0.319 e. The average molecular weight is 298 g/mol. The second kappa shape index (κ2) is 6.13. The fourth-order valence-electron chi connectivity index (χ4n) is 2.15. The van der Waals surface area contributed by atoms with Crippen molar-refractivity contribution in [1.82, 2.24) is 5.32 Å². The molecular formula is C13H18N2O4S. The van der Waals surface area contributed by atoms with E-state index >= 15 is 0 Å². The summed E-state index contributed by atoms with van der Waals surface area (Å²) in [6.45, 7) is 0.370. The van der Waals surface area contributed by atoms with Crippen LogP contribution >= 0.6 is 0 Å². The largest absolute Gasteiger partial charge is 0.497 e. The highest BCUT2D eigenvalue weighted by molar-refractivity contribution is 7.91. The lowest BCUT2D eigenvalue weighted by molar-refractivity contribution is 0.250. The maximum absolute atomic E-state index is 11.7. The predicted molar refractivity (Wildman–Crippen MR) is 76.8 cm³/mol. The van der Waals surface area contributed by atoms with Crippen molar-refractivity contribution < 1.29 is 17.9 Å². The van der Waals surface area contributed by atoms with E-state index in [-0.39, 0.29) is 23.5 Å². The lowest BCUT2D eigenvalue weighted by atomic mass is 10.1. The van der Waals surface area contributed by atoms with Crippen LogP contribution in [0.25, 0.3) is 0 Å². The lowest BCUT2D eigenvalue weighted by Gasteiger charge is -2.11. The molecule has 0 spiro atoms. The number of hydrogen-bond acceptors (Lipinski definition) is 4. The summed E-state index contributed by atoms with van der Waals surface area (Å²) >= 11 is 0. The van der Waals surface area contributed by atoms with E-state index < -0.39 is 9.84 Å². The number of carbonyl (C=O) groups excluding carboxylic acids is 1. The van der Waals surface area contributed by atoms with E-state index in [0.717, 1.165) is 0 Å². The van der Waals surface area contributed by atoms with Crippen LogP contribution in [0.1, 0.15) is 6.42 Å². The second-order valence-electron chi connectivity index (χ2n) is 4.84. The van der Waals surface area contributed by atoms with Crippen molar-refractivity contribution in [3.63, 3.8) is 0 Å². The summed E-state index contributed by atoms with van der Waals surface area (Å²) in [4.78, 5) is 11.7. The van der Waals surface area contributed by atoms with E-state index in [1.807, 2.05) is 0 Å². The molecule has 1 unspecified atom stereocenters. The molecule has 1 aromatic carbocycles. The first-order chi connectivity index (χ1) is 9.48. The third-order valence-corrected chi connectivity index (χ3v) is 5.04. The molecule has 0 aliphatic carbocycles. The van der Waals surface area contributed by atoms with Crippen molar-refractivity contribution in [1.29, 1.82) is 0 Å². The van der Waals surface area contributed by atoms with Gasteiger partial charge in [-0.2, -0.15) is 0 Å². The number of sulfone groups is 1. The minimum atomic E-state index is -2.90. The molecule has 1 heterocycles. The molecule has 0 radical (unpaired) electrons. The van der Waals surface area contributed by atoms with Crippen molar-refractivity contribution in [2.24, 2.45) is 5.92 Å². The molecule has 20 heavy (non-hydrogen) atoms. The first-order valence-electron chi connectivity index (χ1n) is 6.38. The molecule has 7 heteroatoms. The van der Waals surface area contributed by atoms with Crippen LogP contribution in [-0.2, 0) is 9.84 Å². The number of methoxy groups -OCH3 is 1. The van der Waals surface area contributed by atoms with Crippen LogP contribution < -0.4 is 15.4 Å². The third-order valence-electron chi connectivity index (χ3n) is 3.21. The fourth-order valence-corrected chi connectivity index (χ4v) is 4.01. The molecule has 0 aromatic heterocycles. The third kappa shape index (κ3) is 4.12. The van der Waals surface area contributed by atoms with Gasteiger partial charge in [0, 0.05) is 18.3 Å². The van der Waals surface area contributed by atoms with Gasteiger partial charge in [0.15, 0.2) is 9.84 Å². The Morgan fingerprint density at radius 3 is 2.90 bits per heavy atom. The SMILES string of the molecule is COc1cccc(NC(=O)NCC2CCS(=O)(=O)C2)c1. The van der Waals surface area contributed by atoms with Crippen molar-refractivity contribution in [3.8, 4) is 5.75 Å². The van der Waals surface area contributed by atoms with Gasteiger partial charge in [0.1, 0.15) is 5.75 Å². The van der Waals surface area contributed by atoms with Gasteiger partial charge in [-0.1, -0.05) is 6.07 Å². The molecule has 0 bridgehead atoms. The minimum absolute atomic E-state index is 0.0102. The number of rotatable bonds is 4. The monoisotopic (exact) mass is 298 g/mol. The van der Waals surface area contributed by atoms with Gasteiger partial charge in [-0.25, -0.2) is 13.2 Å². The molecule has 110 valence electrons. The van der Waals surface area contributed by atoms with Gasteiger partial charge in [0.2, 0.25) is 0 Å². The standard InChI is InChI=1S/C13H18N2O4S/c1-19-12-4-2-3-11(7-12)15-13(16)14-8-10-5-6-20(17,18)9-10/h2-4,7,10H,5-6,8-9H2,1H3,(H2,14,15,16). The number of hydrogen-bond donors (Lipinski definition) is 2. The van der Waals surface area contributed by atoms with Crippen LogP contribution in [0.4, 0.5) is 10.5 Å². The van der Waals surface area contributed by atoms with Gasteiger partial charge in [-0.3, -0.25) is 0 Å². The smallest absolute Gasteiger partial charge is 0.319 e. The van der Waals surface area contributed by atoms with Crippen molar-refractivity contribution in [2.75, 3.05) is 30.5 Å². The summed E-state index contributed by atoms with van der Waals surface area (Å²) in [6.07, 6.45) is 0.613. The second-order valence-corrected chi connectivity index (χ2v) is 7.06. The van der Waals surface area contributed by atoms with E-state index in [2.05, 4.69) is 10.6 Å². The molecule has 1 aromatic rings. The zero-order valence-electron chi connectivity index (χ0n) is 11.3. The number of anilines is 1. The quantitative estimate of drug-likeness (QED) is 0.876. The molecule has 2 amide bonds. The van der Waals surface area contributed by atoms with Crippen molar-refractivity contribution >= 4 is 21.6 Å². The Balaban J connectivity index is 1.81. The Hall–Kier alpha value is -1.76. The summed E-state index contributed by atoms with van der Waals surface area (Å²) in [7, 11) is -1.34. The van der Waals surface area contributed by atoms with E-state index in [1.165, 1.54) is 0 Å². The van der Waals surface area contributed by atoms with Crippen LogP contribution in [0.15, 0.2) is 24.3 Å². The van der Waals surface area contributed by atoms with Gasteiger partial charge in [-0.05, 0) is 24.5 Å². The van der Waals surface area contributed by atoms with Crippen LogP contribution in [-0.4, -0.2) is 39.6 Å². The first-order valence-corrected chi connectivity index (χ1v) is 8.20. The topological polar surface area (TPSA) is 84.5 Å². The van der Waals surface area contributed by atoms with Gasteiger partial charge in [0.05, 0.1) is 18.6 Å². The molecule has 1 fully saturated rings. The van der Waals surface area contributed by atoms with Gasteiger partial charge in [0.25, 0.3) is 0 Å². The van der Waals surface area contributed by atoms with Crippen LogP contribution in [0.5, 0.6) is 5.75 Å². The Morgan fingerprint density at radius 2 is 2.25 bits per heavy atom. The highest BCUT2D eigenvalue weighted by Gasteiger charge is 2.27. The van der Waals surface area contributed by atoms with E-state index in [0.29, 0.717) is 24.4 Å². The Labute approximate surface area is 118 Å². The number of urea groups is 1. The number of nitrogens with one attached hydrogen (secondary N) is 2. The van der Waals surface area contributed by atoms with E-state index in [1.54, 1.807) is 31.4 Å². The number of benzene rings is 1. The van der Waals surface area contributed by atoms with Crippen LogP contribution in [0, 0.1) is 5.92 Å². The van der Waals surface area contributed by atoms with E-state index in [4.69, 9.17) is 4.74 Å². The number of amides is 2. The Bertz CT molecular complexity index is 586. The van der Waals surface area contributed by atoms with Gasteiger partial charge >= 0.3 is 6.03 Å². The van der Waals surface area contributed by atoms with Crippen LogP contribution in [0.3, 0.4) is 0 Å². The molecule has 1 saturated heterocycles. The summed E-state index contributed by atoms with van der Waals surface area (Å²) in [5.41, 5.74) is 0.626.